The summed E-state index contributed by atoms with van der Waals surface area (Å²) in [6, 6.07) is 4.19. The molecule has 1 unspecified atom stereocenters. The van der Waals surface area contributed by atoms with Crippen LogP contribution in [0.2, 0.25) is 0 Å². The Kier molecular flexibility index (Phi) is 5.36. The van der Waals surface area contributed by atoms with E-state index in [9.17, 15) is 14.4 Å². The average molecular weight is 384 g/mol. The quantitative estimate of drug-likeness (QED) is 0.568. The standard InChI is InChI=1S/C17H16N6O3S/c1-10-20-8-13(23(10)14-4-5-19-9-21-14)17(26)22-12(15(24)16(18)25)7-11-3-2-6-27-11/h2-6,8-9,12H,7H2,1H3,(H2,18,25)(H,22,26). The molecule has 3 heterocycles. The van der Waals surface area contributed by atoms with Gasteiger partial charge in [0, 0.05) is 17.5 Å². The van der Waals surface area contributed by atoms with Crippen molar-refractivity contribution in [1.29, 1.82) is 0 Å². The Labute approximate surface area is 158 Å². The average Bonchev–Trinajstić information content (AvgIpc) is 3.30. The highest BCUT2D eigenvalue weighted by Gasteiger charge is 2.28. The van der Waals surface area contributed by atoms with Crippen LogP contribution in [0.15, 0.2) is 42.3 Å². The molecular weight excluding hydrogens is 368 g/mol. The summed E-state index contributed by atoms with van der Waals surface area (Å²) in [5.41, 5.74) is 5.31. The molecule has 0 radical (unpaired) electrons. The fraction of sp³-hybridized carbons (Fsp3) is 0.176. The molecule has 138 valence electrons. The van der Waals surface area contributed by atoms with Crippen LogP contribution in [-0.2, 0) is 16.0 Å². The van der Waals surface area contributed by atoms with Crippen molar-refractivity contribution in [3.05, 3.63) is 58.7 Å². The Morgan fingerprint density at radius 2 is 2.11 bits per heavy atom. The van der Waals surface area contributed by atoms with Crippen molar-refractivity contribution in [1.82, 2.24) is 24.8 Å². The van der Waals surface area contributed by atoms with E-state index in [4.69, 9.17) is 5.73 Å². The molecule has 27 heavy (non-hydrogen) atoms. The number of thiophene rings is 1. The van der Waals surface area contributed by atoms with Gasteiger partial charge in [0.1, 0.15) is 29.7 Å². The summed E-state index contributed by atoms with van der Waals surface area (Å²) in [5.74, 6) is -1.53. The van der Waals surface area contributed by atoms with Crippen LogP contribution in [0.5, 0.6) is 0 Å². The fourth-order valence-electron chi connectivity index (χ4n) is 2.55. The smallest absolute Gasteiger partial charge is 0.287 e. The minimum absolute atomic E-state index is 0.172. The third kappa shape index (κ3) is 4.06. The molecule has 0 aliphatic rings. The summed E-state index contributed by atoms with van der Waals surface area (Å²) < 4.78 is 1.54. The van der Waals surface area contributed by atoms with E-state index in [0.717, 1.165) is 4.88 Å². The van der Waals surface area contributed by atoms with Crippen LogP contribution >= 0.6 is 11.3 Å². The van der Waals surface area contributed by atoms with E-state index in [1.165, 1.54) is 28.4 Å². The van der Waals surface area contributed by atoms with Gasteiger partial charge in [0.25, 0.3) is 11.8 Å². The predicted molar refractivity (Wildman–Crippen MR) is 97.4 cm³/mol. The van der Waals surface area contributed by atoms with Gasteiger partial charge in [-0.3, -0.25) is 19.0 Å². The number of carbonyl (C=O) groups is 3. The lowest BCUT2D eigenvalue weighted by Gasteiger charge is -2.16. The third-order valence-corrected chi connectivity index (χ3v) is 4.72. The number of hydrogen-bond donors (Lipinski definition) is 2. The molecule has 10 heteroatoms. The second kappa shape index (κ2) is 7.87. The first-order valence-electron chi connectivity index (χ1n) is 7.95. The zero-order chi connectivity index (χ0) is 19.4. The monoisotopic (exact) mass is 384 g/mol. The molecule has 3 aromatic rings. The van der Waals surface area contributed by atoms with Crippen molar-refractivity contribution in [2.75, 3.05) is 0 Å². The zero-order valence-corrected chi connectivity index (χ0v) is 15.1. The van der Waals surface area contributed by atoms with Crippen molar-refractivity contribution >= 4 is 28.9 Å². The van der Waals surface area contributed by atoms with E-state index in [1.54, 1.807) is 19.2 Å². The number of nitrogens with two attached hydrogens (primary N) is 1. The molecule has 0 saturated carbocycles. The first kappa shape index (κ1) is 18.4. The molecule has 0 aliphatic heterocycles. The van der Waals surface area contributed by atoms with Crippen LogP contribution in [-0.4, -0.2) is 43.2 Å². The van der Waals surface area contributed by atoms with E-state index in [0.29, 0.717) is 11.6 Å². The lowest BCUT2D eigenvalue weighted by molar-refractivity contribution is -0.137. The topological polar surface area (TPSA) is 133 Å². The van der Waals surface area contributed by atoms with E-state index >= 15 is 0 Å². The van der Waals surface area contributed by atoms with Gasteiger partial charge in [0.05, 0.1) is 6.20 Å². The number of imidazole rings is 1. The first-order valence-corrected chi connectivity index (χ1v) is 8.83. The molecule has 3 N–H and O–H groups in total. The normalized spacial score (nSPS) is 11.7. The summed E-state index contributed by atoms with van der Waals surface area (Å²) in [5, 5.41) is 4.43. The Morgan fingerprint density at radius 1 is 1.30 bits per heavy atom. The molecule has 3 aromatic heterocycles. The van der Waals surface area contributed by atoms with E-state index in [-0.39, 0.29) is 12.1 Å². The second-order valence-electron chi connectivity index (χ2n) is 5.63. The number of aromatic nitrogens is 4. The third-order valence-electron chi connectivity index (χ3n) is 3.82. The van der Waals surface area contributed by atoms with Crippen molar-refractivity contribution in [3.63, 3.8) is 0 Å². The molecule has 0 aliphatic carbocycles. The molecule has 9 nitrogen and oxygen atoms in total. The van der Waals surface area contributed by atoms with Crippen LogP contribution in [0.4, 0.5) is 0 Å². The number of primary amides is 1. The summed E-state index contributed by atoms with van der Waals surface area (Å²) in [6.45, 7) is 1.72. The van der Waals surface area contributed by atoms with Crippen molar-refractivity contribution in [3.8, 4) is 5.82 Å². The molecule has 0 spiro atoms. The molecule has 0 aromatic carbocycles. The second-order valence-corrected chi connectivity index (χ2v) is 6.66. The van der Waals surface area contributed by atoms with Gasteiger partial charge < -0.3 is 11.1 Å². The number of nitrogens with one attached hydrogen (secondary N) is 1. The summed E-state index contributed by atoms with van der Waals surface area (Å²) in [7, 11) is 0. The molecule has 0 fully saturated rings. The summed E-state index contributed by atoms with van der Waals surface area (Å²) >= 11 is 1.42. The van der Waals surface area contributed by atoms with Crippen LogP contribution in [0, 0.1) is 6.92 Å². The molecule has 2 amide bonds. The number of aryl methyl sites for hydroxylation is 1. The lowest BCUT2D eigenvalue weighted by Crippen LogP contribution is -2.47. The van der Waals surface area contributed by atoms with Crippen molar-refractivity contribution in [2.45, 2.75) is 19.4 Å². The maximum Gasteiger partial charge on any atom is 0.287 e. The zero-order valence-electron chi connectivity index (χ0n) is 14.3. The number of ketones is 1. The molecule has 0 bridgehead atoms. The van der Waals surface area contributed by atoms with Gasteiger partial charge in [0.2, 0.25) is 5.78 Å². The highest BCUT2D eigenvalue weighted by molar-refractivity contribution is 7.09. The SMILES string of the molecule is Cc1ncc(C(=O)NC(Cc2cccs2)C(=O)C(N)=O)n1-c1ccncn1. The summed E-state index contributed by atoms with van der Waals surface area (Å²) in [6.07, 6.45) is 4.45. The van der Waals surface area contributed by atoms with Crippen LogP contribution in [0.3, 0.4) is 0 Å². The maximum atomic E-state index is 12.8. The van der Waals surface area contributed by atoms with Crippen LogP contribution < -0.4 is 11.1 Å². The number of carbonyl (C=O) groups excluding carboxylic acids is 3. The molecular formula is C17H16N6O3S. The van der Waals surface area contributed by atoms with E-state index in [1.807, 2.05) is 17.5 Å². The van der Waals surface area contributed by atoms with Gasteiger partial charge in [-0.1, -0.05) is 6.07 Å². The van der Waals surface area contributed by atoms with Gasteiger partial charge in [0.15, 0.2) is 0 Å². The van der Waals surface area contributed by atoms with Gasteiger partial charge in [-0.05, 0) is 24.4 Å². The van der Waals surface area contributed by atoms with Gasteiger partial charge in [-0.25, -0.2) is 15.0 Å². The Morgan fingerprint density at radius 3 is 2.74 bits per heavy atom. The molecule has 0 saturated heterocycles. The number of rotatable bonds is 7. The summed E-state index contributed by atoms with van der Waals surface area (Å²) in [4.78, 5) is 49.3. The molecule has 1 atom stereocenters. The van der Waals surface area contributed by atoms with Crippen molar-refractivity contribution in [2.24, 2.45) is 5.73 Å². The number of nitrogens with zero attached hydrogens (tertiary/aromatic N) is 4. The lowest BCUT2D eigenvalue weighted by atomic mass is 10.1. The van der Waals surface area contributed by atoms with E-state index in [2.05, 4.69) is 20.3 Å². The fourth-order valence-corrected chi connectivity index (χ4v) is 3.30. The predicted octanol–water partition coefficient (Wildman–Crippen LogP) is 0.428. The van der Waals surface area contributed by atoms with E-state index < -0.39 is 23.6 Å². The van der Waals surface area contributed by atoms with Crippen molar-refractivity contribution < 1.29 is 14.4 Å². The Bertz CT molecular complexity index is 968. The minimum atomic E-state index is -1.10. The highest BCUT2D eigenvalue weighted by atomic mass is 32.1. The van der Waals surface area contributed by atoms with Gasteiger partial charge in [-0.2, -0.15) is 0 Å². The first-order chi connectivity index (χ1) is 13.0. The number of amides is 2. The van der Waals surface area contributed by atoms with Gasteiger partial charge in [-0.15, -0.1) is 11.3 Å². The Hall–Kier alpha value is -3.40. The maximum absolute atomic E-state index is 12.8. The highest BCUT2D eigenvalue weighted by Crippen LogP contribution is 2.14. The number of Topliss-reactive ketones (excluding diaryl/α,β-unsaturated/α-hetero) is 1. The minimum Gasteiger partial charge on any atom is -0.363 e. The van der Waals surface area contributed by atoms with Crippen LogP contribution in [0.25, 0.3) is 5.82 Å². The Balaban J connectivity index is 1.88. The largest absolute Gasteiger partial charge is 0.363 e. The number of hydrogen-bond acceptors (Lipinski definition) is 7. The van der Waals surface area contributed by atoms with Crippen LogP contribution in [0.1, 0.15) is 21.2 Å². The van der Waals surface area contributed by atoms with Gasteiger partial charge >= 0.3 is 0 Å². The molecule has 3 rings (SSSR count).